The van der Waals surface area contributed by atoms with Gasteiger partial charge in [-0.25, -0.2) is 4.79 Å². The highest BCUT2D eigenvalue weighted by Crippen LogP contribution is 2.37. The molecule has 0 fully saturated rings. The number of nitrogens with one attached hydrogen (secondary N) is 1. The Morgan fingerprint density at radius 2 is 1.48 bits per heavy atom. The molecule has 1 aromatic heterocycles. The van der Waals surface area contributed by atoms with Gasteiger partial charge in [-0.05, 0) is 53.6 Å². The number of thiophene rings is 1. The number of amides is 3. The van der Waals surface area contributed by atoms with Gasteiger partial charge in [0.05, 0.1) is 17.7 Å². The monoisotopic (exact) mass is 585 g/mol. The number of hydrogen-bond acceptors (Lipinski definition) is 3. The quantitative estimate of drug-likeness (QED) is 0.261. The molecule has 0 unspecified atom stereocenters. The van der Waals surface area contributed by atoms with Crippen molar-refractivity contribution in [1.82, 2.24) is 9.80 Å². The lowest BCUT2D eigenvalue weighted by Crippen LogP contribution is -2.45. The van der Waals surface area contributed by atoms with E-state index in [4.69, 9.17) is 0 Å². The molecule has 1 heterocycles. The van der Waals surface area contributed by atoms with Gasteiger partial charge in [0.15, 0.2) is 0 Å². The van der Waals surface area contributed by atoms with Crippen molar-refractivity contribution in [2.45, 2.75) is 46.2 Å². The lowest BCUT2D eigenvalue weighted by atomic mass is 10.1. The zero-order chi connectivity index (χ0) is 29.7. The van der Waals surface area contributed by atoms with Crippen molar-refractivity contribution >= 4 is 29.0 Å². The molecule has 40 heavy (non-hydrogen) atoms. The summed E-state index contributed by atoms with van der Waals surface area (Å²) < 4.78 is 79.7. The van der Waals surface area contributed by atoms with Crippen molar-refractivity contribution in [2.75, 3.05) is 18.4 Å². The van der Waals surface area contributed by atoms with Crippen LogP contribution in [0, 0.1) is 12.8 Å². The van der Waals surface area contributed by atoms with Gasteiger partial charge in [0.2, 0.25) is 5.91 Å². The summed E-state index contributed by atoms with van der Waals surface area (Å²) in [4.78, 5) is 30.3. The molecule has 0 saturated heterocycles. The summed E-state index contributed by atoms with van der Waals surface area (Å²) in [6.07, 6.45) is -10.1. The minimum absolute atomic E-state index is 0.0148. The highest BCUT2D eigenvalue weighted by atomic mass is 32.1. The Morgan fingerprint density at radius 1 is 0.875 bits per heavy atom. The molecule has 216 valence electrons. The van der Waals surface area contributed by atoms with Crippen LogP contribution in [0.5, 0.6) is 0 Å². The van der Waals surface area contributed by atoms with E-state index in [1.165, 1.54) is 11.3 Å². The fourth-order valence-corrected chi connectivity index (χ4v) is 4.85. The molecule has 5 nitrogen and oxygen atoms in total. The van der Waals surface area contributed by atoms with E-state index in [-0.39, 0.29) is 31.6 Å². The maximum atomic E-state index is 13.5. The van der Waals surface area contributed by atoms with E-state index in [0.29, 0.717) is 12.1 Å². The number of rotatable bonds is 9. The summed E-state index contributed by atoms with van der Waals surface area (Å²) >= 11 is 1.48. The van der Waals surface area contributed by atoms with E-state index in [2.05, 4.69) is 5.32 Å². The van der Waals surface area contributed by atoms with Gasteiger partial charge in [-0.1, -0.05) is 44.2 Å². The fourth-order valence-electron chi connectivity index (χ4n) is 3.93. The van der Waals surface area contributed by atoms with Gasteiger partial charge < -0.3 is 15.1 Å². The van der Waals surface area contributed by atoms with Crippen LogP contribution in [-0.2, 0) is 30.2 Å². The van der Waals surface area contributed by atoms with Gasteiger partial charge in [0.25, 0.3) is 0 Å². The van der Waals surface area contributed by atoms with Crippen LogP contribution in [0.4, 0.5) is 36.8 Å². The summed E-state index contributed by atoms with van der Waals surface area (Å²) in [5.41, 5.74) is -1.93. The Morgan fingerprint density at radius 3 is 1.98 bits per heavy atom. The smallest absolute Gasteiger partial charge is 0.332 e. The highest BCUT2D eigenvalue weighted by molar-refractivity contribution is 7.10. The summed E-state index contributed by atoms with van der Waals surface area (Å²) in [5.74, 6) is -0.569. The van der Waals surface area contributed by atoms with Crippen molar-refractivity contribution in [3.8, 4) is 0 Å². The number of carbonyl (C=O) groups excluding carboxylic acids is 2. The van der Waals surface area contributed by atoms with E-state index in [1.54, 1.807) is 18.7 Å². The van der Waals surface area contributed by atoms with Gasteiger partial charge in [-0.3, -0.25) is 4.79 Å². The molecule has 0 aliphatic rings. The molecule has 0 atom stereocenters. The van der Waals surface area contributed by atoms with E-state index in [1.807, 2.05) is 48.7 Å². The summed E-state index contributed by atoms with van der Waals surface area (Å²) in [6.45, 7) is 5.60. The predicted molar refractivity (Wildman–Crippen MR) is 142 cm³/mol. The van der Waals surface area contributed by atoms with Crippen LogP contribution < -0.4 is 5.32 Å². The van der Waals surface area contributed by atoms with Gasteiger partial charge in [0, 0.05) is 23.7 Å². The Labute approximate surface area is 232 Å². The summed E-state index contributed by atoms with van der Waals surface area (Å²) in [7, 11) is 0. The van der Waals surface area contributed by atoms with Gasteiger partial charge >= 0.3 is 18.4 Å². The first-order chi connectivity index (χ1) is 18.6. The largest absolute Gasteiger partial charge is 0.416 e. The molecule has 0 saturated carbocycles. The van der Waals surface area contributed by atoms with Crippen LogP contribution in [0.2, 0.25) is 0 Å². The maximum absolute atomic E-state index is 13.5. The second-order valence-electron chi connectivity index (χ2n) is 9.76. The van der Waals surface area contributed by atoms with Crippen LogP contribution in [0.3, 0.4) is 0 Å². The van der Waals surface area contributed by atoms with Crippen molar-refractivity contribution in [1.29, 1.82) is 0 Å². The standard InChI is InChI=1S/C28H29F6N3O2S/c1-18(2)14-37(26(39)35-23-12-21(27(29,30)31)11-22(13-23)28(32,33)34)17-25(38)36(15-20-7-5-4-6-8-20)16-24-19(3)9-10-40-24/h4-13,18H,14-17H2,1-3H3,(H,35,39). The molecular weight excluding hydrogens is 556 g/mol. The third-order valence-electron chi connectivity index (χ3n) is 5.91. The van der Waals surface area contributed by atoms with Crippen molar-refractivity contribution in [2.24, 2.45) is 5.92 Å². The third kappa shape index (κ3) is 8.73. The van der Waals surface area contributed by atoms with Crippen molar-refractivity contribution in [3.63, 3.8) is 0 Å². The second kappa shape index (κ2) is 12.8. The maximum Gasteiger partial charge on any atom is 0.416 e. The molecule has 12 heteroatoms. The second-order valence-corrected chi connectivity index (χ2v) is 10.8. The Kier molecular flexibility index (Phi) is 9.88. The zero-order valence-corrected chi connectivity index (χ0v) is 22.9. The first-order valence-corrected chi connectivity index (χ1v) is 13.2. The molecule has 0 aliphatic heterocycles. The summed E-state index contributed by atoms with van der Waals surface area (Å²) in [6, 6.07) is 11.0. The van der Waals surface area contributed by atoms with Gasteiger partial charge in [-0.15, -0.1) is 11.3 Å². The van der Waals surface area contributed by atoms with Crippen LogP contribution in [0.15, 0.2) is 60.0 Å². The molecule has 0 radical (unpaired) electrons. The molecule has 0 spiro atoms. The van der Waals surface area contributed by atoms with E-state index in [0.717, 1.165) is 20.9 Å². The molecule has 3 aromatic rings. The van der Waals surface area contributed by atoms with E-state index in [9.17, 15) is 35.9 Å². The van der Waals surface area contributed by atoms with E-state index >= 15 is 0 Å². The van der Waals surface area contributed by atoms with Crippen LogP contribution >= 0.6 is 11.3 Å². The molecule has 1 N–H and O–H groups in total. The number of urea groups is 1. The number of nitrogens with zero attached hydrogens (tertiary/aromatic N) is 2. The molecule has 0 bridgehead atoms. The normalized spacial score (nSPS) is 11.9. The zero-order valence-electron chi connectivity index (χ0n) is 22.1. The third-order valence-corrected chi connectivity index (χ3v) is 6.92. The van der Waals surface area contributed by atoms with E-state index < -0.39 is 47.6 Å². The van der Waals surface area contributed by atoms with Gasteiger partial charge in [0.1, 0.15) is 6.54 Å². The lowest BCUT2D eigenvalue weighted by molar-refractivity contribution is -0.143. The highest BCUT2D eigenvalue weighted by Gasteiger charge is 2.37. The predicted octanol–water partition coefficient (Wildman–Crippen LogP) is 7.81. The number of benzene rings is 2. The Balaban J connectivity index is 1.87. The molecular formula is C28H29F6N3O2S. The number of aryl methyl sites for hydroxylation is 1. The fraction of sp³-hybridized carbons (Fsp3) is 0.357. The van der Waals surface area contributed by atoms with Crippen LogP contribution in [-0.4, -0.2) is 34.8 Å². The van der Waals surface area contributed by atoms with Crippen LogP contribution in [0.1, 0.15) is 41.0 Å². The minimum atomic E-state index is -5.06. The number of hydrogen-bond donors (Lipinski definition) is 1. The molecule has 2 aromatic carbocycles. The Hall–Kier alpha value is -3.54. The number of carbonyl (C=O) groups is 2. The number of anilines is 1. The lowest BCUT2D eigenvalue weighted by Gasteiger charge is -2.29. The first-order valence-electron chi connectivity index (χ1n) is 12.3. The topological polar surface area (TPSA) is 52.7 Å². The first kappa shape index (κ1) is 31.0. The molecule has 0 aliphatic carbocycles. The number of alkyl halides is 6. The van der Waals surface area contributed by atoms with Crippen molar-refractivity contribution < 1.29 is 35.9 Å². The minimum Gasteiger partial charge on any atom is -0.332 e. The van der Waals surface area contributed by atoms with Crippen molar-refractivity contribution in [3.05, 3.63) is 87.1 Å². The average molecular weight is 586 g/mol. The SMILES string of the molecule is Cc1ccsc1CN(Cc1ccccc1)C(=O)CN(CC(C)C)C(=O)Nc1cc(C(F)(F)F)cc(C(F)(F)F)c1. The summed E-state index contributed by atoms with van der Waals surface area (Å²) in [5, 5.41) is 4.04. The van der Waals surface area contributed by atoms with Crippen LogP contribution in [0.25, 0.3) is 0 Å². The van der Waals surface area contributed by atoms with Gasteiger partial charge in [-0.2, -0.15) is 26.3 Å². The molecule has 3 rings (SSSR count). The Bertz CT molecular complexity index is 1270. The average Bonchev–Trinajstić information content (AvgIpc) is 3.26. The number of halogens is 6. The molecule has 3 amide bonds.